The van der Waals surface area contributed by atoms with E-state index in [0.717, 1.165) is 19.4 Å². The van der Waals surface area contributed by atoms with Gasteiger partial charge in [0.15, 0.2) is 0 Å². The third-order valence-electron chi connectivity index (χ3n) is 1.85. The minimum Gasteiger partial charge on any atom is -0.394 e. The van der Waals surface area contributed by atoms with Crippen molar-refractivity contribution in [3.8, 4) is 0 Å². The van der Waals surface area contributed by atoms with Gasteiger partial charge >= 0.3 is 0 Å². The molecule has 11 heavy (non-hydrogen) atoms. The molecule has 0 saturated carbocycles. The Kier molecular flexibility index (Phi) is 3.83. The van der Waals surface area contributed by atoms with E-state index in [0.29, 0.717) is 18.8 Å². The fourth-order valence-electron chi connectivity index (χ4n) is 1.09. The van der Waals surface area contributed by atoms with Crippen LogP contribution in [0.1, 0.15) is 19.8 Å². The molecule has 66 valence electrons. The normalized spacial score (nSPS) is 28.9. The van der Waals surface area contributed by atoms with E-state index in [-0.39, 0.29) is 6.61 Å². The third-order valence-corrected chi connectivity index (χ3v) is 1.85. The molecule has 1 N–H and O–H groups in total. The van der Waals surface area contributed by atoms with Crippen LogP contribution in [0, 0.1) is 0 Å². The lowest BCUT2D eigenvalue weighted by molar-refractivity contribution is 0.0888. The molecule has 0 aliphatic carbocycles. The Labute approximate surface area is 67.3 Å². The van der Waals surface area contributed by atoms with Gasteiger partial charge in [-0.1, -0.05) is 0 Å². The van der Waals surface area contributed by atoms with Crippen molar-refractivity contribution in [3.63, 3.8) is 0 Å². The lowest BCUT2D eigenvalue weighted by atomic mass is 10.2. The zero-order chi connectivity index (χ0) is 8.10. The van der Waals surface area contributed by atoms with Gasteiger partial charge in [-0.05, 0) is 19.8 Å². The average Bonchev–Trinajstić information content (AvgIpc) is 2.67. The van der Waals surface area contributed by atoms with Gasteiger partial charge in [0.1, 0.15) is 0 Å². The average molecular weight is 160 g/mol. The number of rotatable bonds is 6. The van der Waals surface area contributed by atoms with Crippen molar-refractivity contribution >= 4 is 0 Å². The van der Waals surface area contributed by atoms with Crippen LogP contribution in [0.15, 0.2) is 0 Å². The third kappa shape index (κ3) is 3.70. The first-order valence-electron chi connectivity index (χ1n) is 4.18. The Balaban J connectivity index is 1.74. The maximum absolute atomic E-state index is 8.38. The smallest absolute Gasteiger partial charge is 0.0839 e. The number of hydrogen-bond donors (Lipinski definition) is 1. The van der Waals surface area contributed by atoms with Crippen molar-refractivity contribution in [1.29, 1.82) is 0 Å². The highest BCUT2D eigenvalue weighted by atomic mass is 16.6. The molecule has 3 nitrogen and oxygen atoms in total. The maximum atomic E-state index is 8.38. The lowest BCUT2D eigenvalue weighted by Crippen LogP contribution is -2.02. The molecule has 0 bridgehead atoms. The number of aliphatic hydroxyl groups excluding tert-OH is 1. The van der Waals surface area contributed by atoms with Crippen LogP contribution >= 0.6 is 0 Å². The van der Waals surface area contributed by atoms with Gasteiger partial charge in [0.2, 0.25) is 0 Å². The molecule has 1 aliphatic rings. The first-order chi connectivity index (χ1) is 5.34. The van der Waals surface area contributed by atoms with Crippen molar-refractivity contribution in [2.45, 2.75) is 32.0 Å². The van der Waals surface area contributed by atoms with E-state index in [1.807, 2.05) is 0 Å². The van der Waals surface area contributed by atoms with Gasteiger partial charge in [-0.3, -0.25) is 0 Å². The summed E-state index contributed by atoms with van der Waals surface area (Å²) in [6.45, 7) is 3.41. The first-order valence-corrected chi connectivity index (χ1v) is 4.18. The van der Waals surface area contributed by atoms with Crippen LogP contribution in [0.5, 0.6) is 0 Å². The van der Waals surface area contributed by atoms with Gasteiger partial charge < -0.3 is 14.6 Å². The maximum Gasteiger partial charge on any atom is 0.0839 e. The van der Waals surface area contributed by atoms with Crippen LogP contribution in [-0.4, -0.2) is 37.1 Å². The van der Waals surface area contributed by atoms with E-state index >= 15 is 0 Å². The second kappa shape index (κ2) is 4.70. The molecule has 0 aromatic carbocycles. The Bertz CT molecular complexity index is 106. The van der Waals surface area contributed by atoms with Gasteiger partial charge in [0.05, 0.1) is 25.4 Å². The highest BCUT2D eigenvalue weighted by molar-refractivity contribution is 4.79. The fraction of sp³-hybridized carbons (Fsp3) is 1.00. The second-order valence-corrected chi connectivity index (χ2v) is 2.86. The SMILES string of the molecule is CC1O[C@H]1CCCOCCO. The van der Waals surface area contributed by atoms with Crippen LogP contribution in [0.25, 0.3) is 0 Å². The molecule has 0 aromatic heterocycles. The highest BCUT2D eigenvalue weighted by Crippen LogP contribution is 2.25. The topological polar surface area (TPSA) is 42.0 Å². The molecule has 0 radical (unpaired) electrons. The molecular formula is C8H16O3. The summed E-state index contributed by atoms with van der Waals surface area (Å²) in [7, 11) is 0. The van der Waals surface area contributed by atoms with Gasteiger partial charge in [0.25, 0.3) is 0 Å². The number of aliphatic hydroxyl groups is 1. The number of epoxide rings is 1. The van der Waals surface area contributed by atoms with E-state index in [4.69, 9.17) is 14.6 Å². The summed E-state index contributed by atoms with van der Waals surface area (Å²) < 4.78 is 10.3. The van der Waals surface area contributed by atoms with E-state index in [1.54, 1.807) is 0 Å². The van der Waals surface area contributed by atoms with Crippen molar-refractivity contribution in [1.82, 2.24) is 0 Å². The molecule has 0 spiro atoms. The summed E-state index contributed by atoms with van der Waals surface area (Å²) in [4.78, 5) is 0. The van der Waals surface area contributed by atoms with Gasteiger partial charge in [-0.25, -0.2) is 0 Å². The Morgan fingerprint density at radius 3 is 2.73 bits per heavy atom. The van der Waals surface area contributed by atoms with Gasteiger partial charge in [0, 0.05) is 6.61 Å². The first kappa shape index (κ1) is 8.97. The Morgan fingerprint density at radius 2 is 2.18 bits per heavy atom. The summed E-state index contributed by atoms with van der Waals surface area (Å²) in [6, 6.07) is 0. The molecule has 3 heteroatoms. The van der Waals surface area contributed by atoms with Crippen molar-refractivity contribution in [2.24, 2.45) is 0 Å². The van der Waals surface area contributed by atoms with Crippen molar-refractivity contribution in [3.05, 3.63) is 0 Å². The molecule has 1 rings (SSSR count). The Hall–Kier alpha value is -0.120. The molecule has 1 fully saturated rings. The summed E-state index contributed by atoms with van der Waals surface area (Å²) in [6.07, 6.45) is 3.07. The fourth-order valence-corrected chi connectivity index (χ4v) is 1.09. The summed E-state index contributed by atoms with van der Waals surface area (Å²) in [5.41, 5.74) is 0. The van der Waals surface area contributed by atoms with E-state index in [9.17, 15) is 0 Å². The van der Waals surface area contributed by atoms with Gasteiger partial charge in [-0.2, -0.15) is 0 Å². The largest absolute Gasteiger partial charge is 0.394 e. The molecule has 1 unspecified atom stereocenters. The predicted octanol–water partition coefficient (Wildman–Crippen LogP) is 0.563. The molecule has 0 amide bonds. The summed E-state index contributed by atoms with van der Waals surface area (Å²) in [5, 5.41) is 8.38. The van der Waals surface area contributed by atoms with E-state index in [2.05, 4.69) is 6.92 Å². The molecular weight excluding hydrogens is 144 g/mol. The van der Waals surface area contributed by atoms with Crippen LogP contribution in [-0.2, 0) is 9.47 Å². The van der Waals surface area contributed by atoms with Gasteiger partial charge in [-0.15, -0.1) is 0 Å². The second-order valence-electron chi connectivity index (χ2n) is 2.86. The summed E-state index contributed by atoms with van der Waals surface area (Å²) >= 11 is 0. The number of hydrogen-bond acceptors (Lipinski definition) is 3. The van der Waals surface area contributed by atoms with Crippen LogP contribution in [0.4, 0.5) is 0 Å². The zero-order valence-corrected chi connectivity index (χ0v) is 6.95. The van der Waals surface area contributed by atoms with Crippen LogP contribution in [0.3, 0.4) is 0 Å². The predicted molar refractivity (Wildman–Crippen MR) is 41.5 cm³/mol. The molecule has 1 saturated heterocycles. The Morgan fingerprint density at radius 1 is 1.45 bits per heavy atom. The quantitative estimate of drug-likeness (QED) is 0.456. The highest BCUT2D eigenvalue weighted by Gasteiger charge is 2.32. The minimum absolute atomic E-state index is 0.121. The van der Waals surface area contributed by atoms with Crippen molar-refractivity contribution in [2.75, 3.05) is 19.8 Å². The lowest BCUT2D eigenvalue weighted by Gasteiger charge is -1.99. The molecule has 1 heterocycles. The molecule has 0 aromatic rings. The molecule has 1 aliphatic heterocycles. The van der Waals surface area contributed by atoms with E-state index < -0.39 is 0 Å². The zero-order valence-electron chi connectivity index (χ0n) is 6.95. The van der Waals surface area contributed by atoms with Crippen molar-refractivity contribution < 1.29 is 14.6 Å². The minimum atomic E-state index is 0.121. The molecule has 2 atom stereocenters. The number of ether oxygens (including phenoxy) is 2. The standard InChI is InChI=1S/C8H16O3/c1-7-8(11-7)3-2-5-10-6-4-9/h7-9H,2-6H2,1H3/t7?,8-/m0/s1. The van der Waals surface area contributed by atoms with Crippen LogP contribution in [0.2, 0.25) is 0 Å². The van der Waals surface area contributed by atoms with Crippen LogP contribution < -0.4 is 0 Å². The van der Waals surface area contributed by atoms with E-state index in [1.165, 1.54) is 0 Å². The monoisotopic (exact) mass is 160 g/mol. The summed E-state index contributed by atoms with van der Waals surface area (Å²) in [5.74, 6) is 0.